The molecule has 22 heavy (non-hydrogen) atoms. The van der Waals surface area contributed by atoms with Crippen LogP contribution in [-0.4, -0.2) is 34.9 Å². The van der Waals surface area contributed by atoms with Gasteiger partial charge in [-0.1, -0.05) is 46.8 Å². The molecule has 0 bridgehead atoms. The number of carbonyl (C=O) groups is 2. The number of nitrogens with one attached hydrogen (secondary N) is 1. The Bertz CT molecular complexity index is 678. The molecule has 0 aliphatic heterocycles. The molecule has 0 fully saturated rings. The highest BCUT2D eigenvalue weighted by atomic mass is 35.5. The minimum Gasteiger partial charge on any atom is -0.468 e. The molecule has 0 radical (unpaired) electrons. The van der Waals surface area contributed by atoms with Crippen LogP contribution in [0.3, 0.4) is 0 Å². The number of aromatic nitrogens is 2. The number of anilines is 1. The summed E-state index contributed by atoms with van der Waals surface area (Å²) in [6.07, 6.45) is 0.199. The Morgan fingerprint density at radius 3 is 2.95 bits per heavy atom. The van der Waals surface area contributed by atoms with Crippen molar-refractivity contribution in [2.45, 2.75) is 10.8 Å². The standard InChI is InChI=1S/C13H12ClN3O3S2/c1-20-11(19)7-21-13-17-16-12(22-13)15-10(18)6-8-3-2-4-9(14)5-8/h2-5H,6-7H2,1H3,(H,15,16,18). The Hall–Kier alpha value is -1.64. The van der Waals surface area contributed by atoms with Crippen LogP contribution in [-0.2, 0) is 20.7 Å². The second-order valence-corrected chi connectivity index (χ2v) is 6.73. The van der Waals surface area contributed by atoms with Gasteiger partial charge in [-0.2, -0.15) is 0 Å². The monoisotopic (exact) mass is 357 g/mol. The van der Waals surface area contributed by atoms with E-state index in [1.165, 1.54) is 30.2 Å². The van der Waals surface area contributed by atoms with Crippen LogP contribution in [0.4, 0.5) is 5.13 Å². The lowest BCUT2D eigenvalue weighted by atomic mass is 10.1. The normalized spacial score (nSPS) is 10.3. The number of carbonyl (C=O) groups excluding carboxylic acids is 2. The molecule has 9 heteroatoms. The van der Waals surface area contributed by atoms with Crippen molar-refractivity contribution in [2.75, 3.05) is 18.2 Å². The summed E-state index contributed by atoms with van der Waals surface area (Å²) < 4.78 is 5.12. The molecule has 116 valence electrons. The van der Waals surface area contributed by atoms with E-state index in [2.05, 4.69) is 20.3 Å². The number of hydrogen-bond acceptors (Lipinski definition) is 7. The van der Waals surface area contributed by atoms with Gasteiger partial charge in [0.25, 0.3) is 0 Å². The quantitative estimate of drug-likeness (QED) is 0.486. The van der Waals surface area contributed by atoms with E-state index < -0.39 is 0 Å². The van der Waals surface area contributed by atoms with Gasteiger partial charge >= 0.3 is 5.97 Å². The molecule has 0 aliphatic carbocycles. The zero-order valence-corrected chi connectivity index (χ0v) is 13.9. The van der Waals surface area contributed by atoms with Crippen LogP contribution in [0.25, 0.3) is 0 Å². The molecule has 6 nitrogen and oxygen atoms in total. The maximum Gasteiger partial charge on any atom is 0.316 e. The highest BCUT2D eigenvalue weighted by molar-refractivity contribution is 8.01. The molecule has 2 aromatic rings. The third-order valence-electron chi connectivity index (χ3n) is 2.45. The SMILES string of the molecule is COC(=O)CSc1nnc(NC(=O)Cc2cccc(Cl)c2)s1. The van der Waals surface area contributed by atoms with Crippen molar-refractivity contribution in [3.63, 3.8) is 0 Å². The van der Waals surface area contributed by atoms with Gasteiger partial charge in [0.05, 0.1) is 19.3 Å². The van der Waals surface area contributed by atoms with Gasteiger partial charge in [-0.25, -0.2) is 0 Å². The number of hydrogen-bond donors (Lipinski definition) is 1. The summed E-state index contributed by atoms with van der Waals surface area (Å²) in [5.41, 5.74) is 0.815. The van der Waals surface area contributed by atoms with Crippen LogP contribution in [0.15, 0.2) is 28.6 Å². The van der Waals surface area contributed by atoms with Crippen LogP contribution in [0.5, 0.6) is 0 Å². The van der Waals surface area contributed by atoms with E-state index in [0.29, 0.717) is 14.5 Å². The summed E-state index contributed by atoms with van der Waals surface area (Å²) in [5, 5.41) is 11.4. The number of amides is 1. The van der Waals surface area contributed by atoms with Gasteiger partial charge < -0.3 is 10.1 Å². The molecule has 0 aliphatic rings. The summed E-state index contributed by atoms with van der Waals surface area (Å²) in [5.74, 6) is -0.392. The first kappa shape index (κ1) is 16.7. The topological polar surface area (TPSA) is 81.2 Å². The smallest absolute Gasteiger partial charge is 0.316 e. The second-order valence-electron chi connectivity index (χ2n) is 4.09. The van der Waals surface area contributed by atoms with Crippen LogP contribution in [0.1, 0.15) is 5.56 Å². The van der Waals surface area contributed by atoms with E-state index in [-0.39, 0.29) is 24.1 Å². The predicted octanol–water partition coefficient (Wildman–Crippen LogP) is 2.64. The molecule has 0 spiro atoms. The van der Waals surface area contributed by atoms with Gasteiger partial charge in [0.1, 0.15) is 0 Å². The van der Waals surface area contributed by atoms with E-state index in [4.69, 9.17) is 11.6 Å². The molecule has 0 atom stereocenters. The first-order chi connectivity index (χ1) is 10.6. The number of methoxy groups -OCH3 is 1. The zero-order valence-electron chi connectivity index (χ0n) is 11.5. The third-order valence-corrected chi connectivity index (χ3v) is 4.63. The second kappa shape index (κ2) is 8.11. The van der Waals surface area contributed by atoms with Crippen molar-refractivity contribution in [1.82, 2.24) is 10.2 Å². The van der Waals surface area contributed by atoms with Gasteiger partial charge in [0.2, 0.25) is 11.0 Å². The molecule has 0 saturated carbocycles. The van der Waals surface area contributed by atoms with Crippen molar-refractivity contribution in [3.05, 3.63) is 34.9 Å². The summed E-state index contributed by atoms with van der Waals surface area (Å²) in [4.78, 5) is 23.0. The van der Waals surface area contributed by atoms with E-state index >= 15 is 0 Å². The number of rotatable bonds is 6. The average molecular weight is 358 g/mol. The van der Waals surface area contributed by atoms with Gasteiger partial charge in [-0.3, -0.25) is 9.59 Å². The maximum atomic E-state index is 11.9. The number of esters is 1. The first-order valence-electron chi connectivity index (χ1n) is 6.14. The van der Waals surface area contributed by atoms with Gasteiger partial charge in [-0.05, 0) is 17.7 Å². The fourth-order valence-corrected chi connectivity index (χ4v) is 3.31. The van der Waals surface area contributed by atoms with Crippen LogP contribution < -0.4 is 5.32 Å². The first-order valence-corrected chi connectivity index (χ1v) is 8.32. The molecule has 1 N–H and O–H groups in total. The van der Waals surface area contributed by atoms with Crippen molar-refractivity contribution in [2.24, 2.45) is 0 Å². The third kappa shape index (κ3) is 5.28. The van der Waals surface area contributed by atoms with Crippen LogP contribution in [0.2, 0.25) is 5.02 Å². The molecular formula is C13H12ClN3O3S2. The highest BCUT2D eigenvalue weighted by Gasteiger charge is 2.11. The summed E-state index contributed by atoms with van der Waals surface area (Å²) >= 11 is 8.28. The Morgan fingerprint density at radius 2 is 2.23 bits per heavy atom. The summed E-state index contributed by atoms with van der Waals surface area (Å²) in [6.45, 7) is 0. The van der Waals surface area contributed by atoms with Crippen LogP contribution in [0, 0.1) is 0 Å². The molecule has 1 aromatic heterocycles. The average Bonchev–Trinajstić information content (AvgIpc) is 2.92. The molecule has 1 amide bonds. The maximum absolute atomic E-state index is 11.9. The number of thioether (sulfide) groups is 1. The fourth-order valence-electron chi connectivity index (χ4n) is 1.49. The molecule has 0 saturated heterocycles. The van der Waals surface area contributed by atoms with Gasteiger partial charge in [0.15, 0.2) is 4.34 Å². The molecule has 0 unspecified atom stereocenters. The number of benzene rings is 1. The molecule has 1 heterocycles. The zero-order chi connectivity index (χ0) is 15.9. The largest absolute Gasteiger partial charge is 0.468 e. The van der Waals surface area contributed by atoms with E-state index in [1.807, 2.05) is 6.07 Å². The predicted molar refractivity (Wildman–Crippen MR) is 86.4 cm³/mol. The number of nitrogens with zero attached hydrogens (tertiary/aromatic N) is 2. The lowest BCUT2D eigenvalue weighted by Crippen LogP contribution is -2.14. The molecule has 1 aromatic carbocycles. The Balaban J connectivity index is 1.87. The summed E-state index contributed by atoms with van der Waals surface area (Å²) in [6, 6.07) is 7.10. The van der Waals surface area contributed by atoms with E-state index in [0.717, 1.165) is 5.56 Å². The Labute approximate surface area is 140 Å². The van der Waals surface area contributed by atoms with E-state index in [9.17, 15) is 9.59 Å². The molecule has 2 rings (SSSR count). The lowest BCUT2D eigenvalue weighted by molar-refractivity contribution is -0.137. The van der Waals surface area contributed by atoms with Crippen LogP contribution >= 0.6 is 34.7 Å². The van der Waals surface area contributed by atoms with Crippen molar-refractivity contribution >= 4 is 51.7 Å². The minimum absolute atomic E-state index is 0.154. The summed E-state index contributed by atoms with van der Waals surface area (Å²) in [7, 11) is 1.32. The van der Waals surface area contributed by atoms with Crippen molar-refractivity contribution in [1.29, 1.82) is 0 Å². The number of halogens is 1. The Kier molecular flexibility index (Phi) is 6.17. The van der Waals surface area contributed by atoms with Crippen molar-refractivity contribution < 1.29 is 14.3 Å². The minimum atomic E-state index is -0.341. The number of ether oxygens (including phenoxy) is 1. The Morgan fingerprint density at radius 1 is 1.41 bits per heavy atom. The van der Waals surface area contributed by atoms with Gasteiger partial charge in [0, 0.05) is 5.02 Å². The molecular weight excluding hydrogens is 346 g/mol. The highest BCUT2D eigenvalue weighted by Crippen LogP contribution is 2.25. The van der Waals surface area contributed by atoms with E-state index in [1.54, 1.807) is 18.2 Å². The van der Waals surface area contributed by atoms with Crippen molar-refractivity contribution in [3.8, 4) is 0 Å². The fraction of sp³-hybridized carbons (Fsp3) is 0.231. The van der Waals surface area contributed by atoms with Gasteiger partial charge in [-0.15, -0.1) is 10.2 Å². The lowest BCUT2D eigenvalue weighted by Gasteiger charge is -2.01.